The van der Waals surface area contributed by atoms with Crippen LogP contribution < -0.4 is 0 Å². The summed E-state index contributed by atoms with van der Waals surface area (Å²) in [6.07, 6.45) is 3.10. The molecule has 0 heterocycles. The summed E-state index contributed by atoms with van der Waals surface area (Å²) in [5.41, 5.74) is 0. The second-order valence-corrected chi connectivity index (χ2v) is 3.88. The molecule has 2 atom stereocenters. The molecule has 0 aliphatic rings. The van der Waals surface area contributed by atoms with E-state index in [1.807, 2.05) is 6.92 Å². The summed E-state index contributed by atoms with van der Waals surface area (Å²) in [6, 6.07) is 0. The van der Waals surface area contributed by atoms with Crippen molar-refractivity contribution in [2.24, 2.45) is 0 Å². The minimum absolute atomic E-state index is 0.0921. The summed E-state index contributed by atoms with van der Waals surface area (Å²) in [4.78, 5) is 0. The predicted octanol–water partition coefficient (Wildman–Crippen LogP) is 2.36. The molecule has 1 nitrogen and oxygen atoms in total. The molecule has 0 spiro atoms. The lowest BCUT2D eigenvalue weighted by Gasteiger charge is -2.13. The molecule has 0 amide bonds. The minimum Gasteiger partial charge on any atom is -0.392 e. The van der Waals surface area contributed by atoms with Crippen molar-refractivity contribution in [1.82, 2.24) is 0 Å². The highest BCUT2D eigenvalue weighted by Crippen LogP contribution is 2.14. The molecule has 0 aliphatic heterocycles. The van der Waals surface area contributed by atoms with Gasteiger partial charge in [0.05, 0.1) is 6.10 Å². The van der Waals surface area contributed by atoms with E-state index in [4.69, 9.17) is 0 Å². The van der Waals surface area contributed by atoms with Crippen molar-refractivity contribution >= 4 is 22.6 Å². The van der Waals surface area contributed by atoms with Gasteiger partial charge in [0.25, 0.3) is 0 Å². The van der Waals surface area contributed by atoms with Crippen molar-refractivity contribution in [1.29, 1.82) is 0 Å². The van der Waals surface area contributed by atoms with E-state index in [0.717, 1.165) is 12.8 Å². The zero-order valence-corrected chi connectivity index (χ0v) is 8.26. The van der Waals surface area contributed by atoms with E-state index in [1.165, 1.54) is 6.42 Å². The molecule has 0 bridgehead atoms. The van der Waals surface area contributed by atoms with E-state index in [9.17, 15) is 5.11 Å². The van der Waals surface area contributed by atoms with E-state index < -0.39 is 0 Å². The largest absolute Gasteiger partial charge is 0.392 e. The summed E-state index contributed by atoms with van der Waals surface area (Å²) in [5.74, 6) is 0. The van der Waals surface area contributed by atoms with E-state index in [2.05, 4.69) is 29.5 Å². The Balaban J connectivity index is 3.32. The molecule has 0 rings (SSSR count). The van der Waals surface area contributed by atoms with Crippen LogP contribution in [0.25, 0.3) is 0 Å². The maximum atomic E-state index is 9.25. The zero-order chi connectivity index (χ0) is 7.28. The average Bonchev–Trinajstić information content (AvgIpc) is 1.87. The van der Waals surface area contributed by atoms with E-state index in [1.54, 1.807) is 0 Å². The number of alkyl halides is 1. The van der Waals surface area contributed by atoms with Gasteiger partial charge in [-0.15, -0.1) is 0 Å². The Morgan fingerprint density at radius 2 is 2.00 bits per heavy atom. The average molecular weight is 242 g/mol. The molecule has 0 aromatic carbocycles. The van der Waals surface area contributed by atoms with Crippen LogP contribution in [-0.2, 0) is 0 Å². The number of rotatable bonds is 4. The van der Waals surface area contributed by atoms with Crippen molar-refractivity contribution in [2.45, 2.75) is 43.1 Å². The quantitative estimate of drug-likeness (QED) is 0.592. The van der Waals surface area contributed by atoms with Gasteiger partial charge in [0.2, 0.25) is 0 Å². The Hall–Kier alpha value is 0.690. The molecule has 0 saturated carbocycles. The fourth-order valence-corrected chi connectivity index (χ4v) is 1.86. The van der Waals surface area contributed by atoms with Gasteiger partial charge in [-0.25, -0.2) is 0 Å². The molecule has 2 heteroatoms. The van der Waals surface area contributed by atoms with E-state index in [0.29, 0.717) is 3.92 Å². The lowest BCUT2D eigenvalue weighted by molar-refractivity contribution is 0.168. The molecule has 9 heavy (non-hydrogen) atoms. The number of hydrogen-bond acceptors (Lipinski definition) is 1. The SMILES string of the molecule is CCCC(I)C(O)CC. The molecule has 0 aromatic heterocycles. The van der Waals surface area contributed by atoms with Crippen LogP contribution in [0.3, 0.4) is 0 Å². The fourth-order valence-electron chi connectivity index (χ4n) is 0.724. The highest BCUT2D eigenvalue weighted by atomic mass is 127. The zero-order valence-electron chi connectivity index (χ0n) is 6.10. The normalized spacial score (nSPS) is 17.3. The van der Waals surface area contributed by atoms with Gasteiger partial charge in [0.15, 0.2) is 0 Å². The van der Waals surface area contributed by atoms with Crippen LogP contribution >= 0.6 is 22.6 Å². The number of aliphatic hydroxyl groups is 1. The fraction of sp³-hybridized carbons (Fsp3) is 1.00. The standard InChI is InChI=1S/C7H15IO/c1-3-5-6(8)7(9)4-2/h6-7,9H,3-5H2,1-2H3. The van der Waals surface area contributed by atoms with E-state index >= 15 is 0 Å². The molecule has 1 N–H and O–H groups in total. The minimum atomic E-state index is -0.0921. The Morgan fingerprint density at radius 3 is 2.33 bits per heavy atom. The summed E-state index contributed by atoms with van der Waals surface area (Å²) in [5, 5.41) is 9.25. The first-order chi connectivity index (χ1) is 4.22. The molecule has 0 radical (unpaired) electrons. The van der Waals surface area contributed by atoms with Crippen LogP contribution in [-0.4, -0.2) is 15.1 Å². The first-order valence-electron chi connectivity index (χ1n) is 3.54. The van der Waals surface area contributed by atoms with Crippen LogP contribution in [0.5, 0.6) is 0 Å². The first kappa shape index (κ1) is 9.69. The molecule has 56 valence electrons. The van der Waals surface area contributed by atoms with Crippen LogP contribution in [0.2, 0.25) is 0 Å². The van der Waals surface area contributed by atoms with Gasteiger partial charge in [-0.05, 0) is 12.8 Å². The van der Waals surface area contributed by atoms with Gasteiger partial charge in [-0.3, -0.25) is 0 Å². The van der Waals surface area contributed by atoms with Gasteiger partial charge in [0.1, 0.15) is 0 Å². The van der Waals surface area contributed by atoms with E-state index in [-0.39, 0.29) is 6.10 Å². The Bertz CT molecular complexity index is 65.9. The second kappa shape index (κ2) is 5.47. The topological polar surface area (TPSA) is 20.2 Å². The molecular weight excluding hydrogens is 227 g/mol. The van der Waals surface area contributed by atoms with Crippen molar-refractivity contribution in [3.8, 4) is 0 Å². The number of aliphatic hydroxyl groups excluding tert-OH is 1. The monoisotopic (exact) mass is 242 g/mol. The van der Waals surface area contributed by atoms with Crippen molar-refractivity contribution in [3.05, 3.63) is 0 Å². The lowest BCUT2D eigenvalue weighted by atomic mass is 10.1. The van der Waals surface area contributed by atoms with Crippen molar-refractivity contribution < 1.29 is 5.11 Å². The number of hydrogen-bond donors (Lipinski definition) is 1. The van der Waals surface area contributed by atoms with Crippen LogP contribution in [0.4, 0.5) is 0 Å². The third-order valence-corrected chi connectivity index (χ3v) is 2.85. The second-order valence-electron chi connectivity index (χ2n) is 2.28. The van der Waals surface area contributed by atoms with Gasteiger partial charge >= 0.3 is 0 Å². The summed E-state index contributed by atoms with van der Waals surface area (Å²) >= 11 is 2.32. The summed E-state index contributed by atoms with van der Waals surface area (Å²) < 4.78 is 0.456. The highest BCUT2D eigenvalue weighted by molar-refractivity contribution is 14.1. The third kappa shape index (κ3) is 4.14. The first-order valence-corrected chi connectivity index (χ1v) is 4.79. The highest BCUT2D eigenvalue weighted by Gasteiger charge is 2.11. The molecule has 0 aromatic rings. The molecule has 0 saturated heterocycles. The third-order valence-electron chi connectivity index (χ3n) is 1.40. The molecular formula is C7H15IO. The lowest BCUT2D eigenvalue weighted by Crippen LogP contribution is -2.18. The van der Waals surface area contributed by atoms with Gasteiger partial charge in [0, 0.05) is 3.92 Å². The Labute approximate surface area is 71.0 Å². The summed E-state index contributed by atoms with van der Waals surface area (Å²) in [7, 11) is 0. The Morgan fingerprint density at radius 1 is 1.44 bits per heavy atom. The summed E-state index contributed by atoms with van der Waals surface area (Å²) in [6.45, 7) is 4.17. The van der Waals surface area contributed by atoms with Gasteiger partial charge < -0.3 is 5.11 Å². The molecule has 0 fully saturated rings. The predicted molar refractivity (Wildman–Crippen MR) is 49.0 cm³/mol. The van der Waals surface area contributed by atoms with Crippen LogP contribution in [0.1, 0.15) is 33.1 Å². The molecule has 0 aliphatic carbocycles. The van der Waals surface area contributed by atoms with Crippen LogP contribution in [0, 0.1) is 0 Å². The molecule has 2 unspecified atom stereocenters. The Kier molecular flexibility index (Phi) is 5.89. The number of halogens is 1. The van der Waals surface area contributed by atoms with Crippen LogP contribution in [0.15, 0.2) is 0 Å². The van der Waals surface area contributed by atoms with Crippen molar-refractivity contribution in [3.63, 3.8) is 0 Å². The maximum Gasteiger partial charge on any atom is 0.0655 e. The maximum absolute atomic E-state index is 9.25. The van der Waals surface area contributed by atoms with Gasteiger partial charge in [-0.1, -0.05) is 42.9 Å². The smallest absolute Gasteiger partial charge is 0.0655 e. The van der Waals surface area contributed by atoms with Gasteiger partial charge in [-0.2, -0.15) is 0 Å². The van der Waals surface area contributed by atoms with Crippen molar-refractivity contribution in [2.75, 3.05) is 0 Å².